The number of nitrogens with one attached hydrogen (secondary N) is 1. The number of hydrogen-bond acceptors (Lipinski definition) is 3. The fourth-order valence-electron chi connectivity index (χ4n) is 0.818. The first-order valence-corrected chi connectivity index (χ1v) is 4.13. The smallest absolute Gasteiger partial charge is 0.407 e. The van der Waals surface area contributed by atoms with Crippen LogP contribution in [0.1, 0.15) is 12.6 Å². The maximum Gasteiger partial charge on any atom is 0.407 e. The van der Waals surface area contributed by atoms with Crippen LogP contribution in [-0.4, -0.2) is 17.6 Å². The molecule has 1 rings (SSSR count). The van der Waals surface area contributed by atoms with Gasteiger partial charge in [-0.05, 0) is 19.1 Å². The Morgan fingerprint density at radius 3 is 3.08 bits per heavy atom. The van der Waals surface area contributed by atoms with Crippen molar-refractivity contribution in [1.29, 1.82) is 0 Å². The summed E-state index contributed by atoms with van der Waals surface area (Å²) in [6.07, 6.45) is 1.25. The monoisotopic (exact) mass is 180 g/mol. The Morgan fingerprint density at radius 1 is 1.62 bits per heavy atom. The highest BCUT2D eigenvalue weighted by Crippen LogP contribution is 1.95. The van der Waals surface area contributed by atoms with Crippen LogP contribution in [0, 0.1) is 0 Å². The van der Waals surface area contributed by atoms with Gasteiger partial charge in [0, 0.05) is 12.7 Å². The minimum atomic E-state index is -0.409. The molecule has 0 unspecified atom stereocenters. The molecular formula is C9H12N2O2. The third kappa shape index (κ3) is 3.55. The topological polar surface area (TPSA) is 51.2 Å². The van der Waals surface area contributed by atoms with Crippen molar-refractivity contribution in [2.24, 2.45) is 0 Å². The second-order valence-electron chi connectivity index (χ2n) is 2.43. The quantitative estimate of drug-likeness (QED) is 0.763. The number of carbonyl (C=O) groups excluding carboxylic acids is 1. The van der Waals surface area contributed by atoms with Gasteiger partial charge < -0.3 is 10.1 Å². The lowest BCUT2D eigenvalue weighted by atomic mass is 10.4. The summed E-state index contributed by atoms with van der Waals surface area (Å²) in [5, 5.41) is 2.53. The molecule has 1 heterocycles. The maximum atomic E-state index is 10.9. The van der Waals surface area contributed by atoms with E-state index in [1.54, 1.807) is 12.3 Å². The zero-order valence-electron chi connectivity index (χ0n) is 7.49. The molecule has 70 valence electrons. The Bertz CT molecular complexity index is 262. The molecule has 0 aromatic carbocycles. The van der Waals surface area contributed by atoms with Crippen molar-refractivity contribution < 1.29 is 9.53 Å². The lowest BCUT2D eigenvalue weighted by Gasteiger charge is -2.03. The summed E-state index contributed by atoms with van der Waals surface area (Å²) in [5.74, 6) is 0. The normalized spacial score (nSPS) is 9.31. The molecular weight excluding hydrogens is 168 g/mol. The van der Waals surface area contributed by atoms with Gasteiger partial charge in [0.1, 0.15) is 6.61 Å². The number of alkyl carbamates (subject to hydrolysis) is 1. The first kappa shape index (κ1) is 9.51. The van der Waals surface area contributed by atoms with Crippen LogP contribution in [0.4, 0.5) is 4.79 Å². The highest BCUT2D eigenvalue weighted by atomic mass is 16.5. The molecule has 0 aliphatic rings. The van der Waals surface area contributed by atoms with E-state index >= 15 is 0 Å². The first-order chi connectivity index (χ1) is 6.33. The van der Waals surface area contributed by atoms with Gasteiger partial charge in [0.05, 0.1) is 5.69 Å². The lowest BCUT2D eigenvalue weighted by molar-refractivity contribution is 0.139. The van der Waals surface area contributed by atoms with Crippen molar-refractivity contribution in [2.75, 3.05) is 6.54 Å². The van der Waals surface area contributed by atoms with Crippen molar-refractivity contribution in [2.45, 2.75) is 13.5 Å². The Balaban J connectivity index is 2.31. The van der Waals surface area contributed by atoms with E-state index in [0.29, 0.717) is 6.54 Å². The zero-order chi connectivity index (χ0) is 9.52. The van der Waals surface area contributed by atoms with Crippen LogP contribution in [0.25, 0.3) is 0 Å². The van der Waals surface area contributed by atoms with Crippen molar-refractivity contribution in [3.63, 3.8) is 0 Å². The Labute approximate surface area is 76.9 Å². The molecule has 0 bridgehead atoms. The minimum Gasteiger partial charge on any atom is -0.443 e. The van der Waals surface area contributed by atoms with E-state index in [4.69, 9.17) is 4.74 Å². The van der Waals surface area contributed by atoms with Crippen molar-refractivity contribution >= 4 is 6.09 Å². The van der Waals surface area contributed by atoms with Gasteiger partial charge in [-0.3, -0.25) is 4.98 Å². The van der Waals surface area contributed by atoms with Crippen LogP contribution in [0.3, 0.4) is 0 Å². The number of amides is 1. The summed E-state index contributed by atoms with van der Waals surface area (Å²) in [6, 6.07) is 5.47. The van der Waals surface area contributed by atoms with E-state index < -0.39 is 6.09 Å². The van der Waals surface area contributed by atoms with Gasteiger partial charge in [-0.25, -0.2) is 4.79 Å². The standard InChI is InChI=1S/C9H12N2O2/c1-2-10-9(12)13-7-8-5-3-4-6-11-8/h3-6H,2,7H2,1H3,(H,10,12). The molecule has 0 saturated heterocycles. The molecule has 0 aliphatic carbocycles. The Hall–Kier alpha value is -1.58. The third-order valence-electron chi connectivity index (χ3n) is 1.40. The summed E-state index contributed by atoms with van der Waals surface area (Å²) < 4.78 is 4.86. The van der Waals surface area contributed by atoms with Crippen molar-refractivity contribution in [3.05, 3.63) is 30.1 Å². The van der Waals surface area contributed by atoms with Crippen molar-refractivity contribution in [1.82, 2.24) is 10.3 Å². The average Bonchev–Trinajstić information content (AvgIpc) is 2.17. The fraction of sp³-hybridized carbons (Fsp3) is 0.333. The van der Waals surface area contributed by atoms with Gasteiger partial charge in [0.25, 0.3) is 0 Å². The number of pyridine rings is 1. The number of aromatic nitrogens is 1. The van der Waals surface area contributed by atoms with E-state index in [1.165, 1.54) is 0 Å². The molecule has 1 amide bonds. The van der Waals surface area contributed by atoms with Crippen LogP contribution in [0.5, 0.6) is 0 Å². The first-order valence-electron chi connectivity index (χ1n) is 4.13. The van der Waals surface area contributed by atoms with Gasteiger partial charge >= 0.3 is 6.09 Å². The summed E-state index contributed by atoms with van der Waals surface area (Å²) in [7, 11) is 0. The average molecular weight is 180 g/mol. The summed E-state index contributed by atoms with van der Waals surface area (Å²) in [4.78, 5) is 14.9. The van der Waals surface area contributed by atoms with E-state index in [-0.39, 0.29) is 6.61 Å². The highest BCUT2D eigenvalue weighted by Gasteiger charge is 1.99. The second kappa shape index (κ2) is 5.13. The van der Waals surface area contributed by atoms with E-state index in [0.717, 1.165) is 5.69 Å². The molecule has 0 spiro atoms. The Kier molecular flexibility index (Phi) is 3.75. The molecule has 13 heavy (non-hydrogen) atoms. The molecule has 0 atom stereocenters. The SMILES string of the molecule is CCNC(=O)OCc1ccccn1. The van der Waals surface area contributed by atoms with Gasteiger partial charge in [0.2, 0.25) is 0 Å². The van der Waals surface area contributed by atoms with Crippen LogP contribution < -0.4 is 5.32 Å². The predicted octanol–water partition coefficient (Wildman–Crippen LogP) is 1.33. The molecule has 0 fully saturated rings. The predicted molar refractivity (Wildman–Crippen MR) is 48.1 cm³/mol. The molecule has 1 aromatic heterocycles. The summed E-state index contributed by atoms with van der Waals surface area (Å²) in [6.45, 7) is 2.62. The number of carbonyl (C=O) groups is 1. The Morgan fingerprint density at radius 2 is 2.46 bits per heavy atom. The van der Waals surface area contributed by atoms with Crippen LogP contribution in [0.2, 0.25) is 0 Å². The maximum absolute atomic E-state index is 10.9. The molecule has 4 heteroatoms. The lowest BCUT2D eigenvalue weighted by Crippen LogP contribution is -2.23. The number of ether oxygens (including phenoxy) is 1. The molecule has 1 aromatic rings. The molecule has 4 nitrogen and oxygen atoms in total. The second-order valence-corrected chi connectivity index (χ2v) is 2.43. The van der Waals surface area contributed by atoms with Crippen molar-refractivity contribution in [3.8, 4) is 0 Å². The van der Waals surface area contributed by atoms with E-state index in [2.05, 4.69) is 10.3 Å². The largest absolute Gasteiger partial charge is 0.443 e. The van der Waals surface area contributed by atoms with Crippen LogP contribution >= 0.6 is 0 Å². The summed E-state index contributed by atoms with van der Waals surface area (Å²) >= 11 is 0. The van der Waals surface area contributed by atoms with E-state index in [9.17, 15) is 4.79 Å². The fourth-order valence-corrected chi connectivity index (χ4v) is 0.818. The number of nitrogens with zero attached hydrogens (tertiary/aromatic N) is 1. The van der Waals surface area contributed by atoms with Gasteiger partial charge in [-0.1, -0.05) is 6.07 Å². The van der Waals surface area contributed by atoms with Crippen LogP contribution in [0.15, 0.2) is 24.4 Å². The van der Waals surface area contributed by atoms with Crippen LogP contribution in [-0.2, 0) is 11.3 Å². The summed E-state index contributed by atoms with van der Waals surface area (Å²) in [5.41, 5.74) is 0.744. The highest BCUT2D eigenvalue weighted by molar-refractivity contribution is 5.66. The van der Waals surface area contributed by atoms with Gasteiger partial charge in [-0.2, -0.15) is 0 Å². The minimum absolute atomic E-state index is 0.215. The molecule has 0 saturated carbocycles. The number of rotatable bonds is 3. The van der Waals surface area contributed by atoms with Gasteiger partial charge in [-0.15, -0.1) is 0 Å². The number of hydrogen-bond donors (Lipinski definition) is 1. The van der Waals surface area contributed by atoms with E-state index in [1.807, 2.05) is 19.1 Å². The molecule has 0 radical (unpaired) electrons. The zero-order valence-corrected chi connectivity index (χ0v) is 7.49. The van der Waals surface area contributed by atoms with Gasteiger partial charge in [0.15, 0.2) is 0 Å². The molecule has 0 aliphatic heterocycles. The molecule has 1 N–H and O–H groups in total. The third-order valence-corrected chi connectivity index (χ3v) is 1.40.